The molecule has 1 aliphatic rings. The molecule has 0 atom stereocenters. The van der Waals surface area contributed by atoms with Crippen LogP contribution in [0.1, 0.15) is 24.3 Å². The van der Waals surface area contributed by atoms with E-state index in [1.54, 1.807) is 24.5 Å². The number of hydrogen-bond acceptors (Lipinski definition) is 4. The Balaban J connectivity index is 1.71. The Morgan fingerprint density at radius 2 is 1.71 bits per heavy atom. The molecule has 0 radical (unpaired) electrons. The van der Waals surface area contributed by atoms with E-state index in [4.69, 9.17) is 4.52 Å². The minimum atomic E-state index is -0.244. The van der Waals surface area contributed by atoms with Crippen molar-refractivity contribution in [3.05, 3.63) is 66.1 Å². The van der Waals surface area contributed by atoms with Crippen molar-refractivity contribution in [2.75, 3.05) is 0 Å². The standard InChI is InChI=1S/C16H12FN3O/c17-13-3-1-12(2-4-13)16(7-8-16)15-19-14(20-21-15)11-5-9-18-10-6-11/h1-6,9-10H,7-8H2. The van der Waals surface area contributed by atoms with Crippen molar-refractivity contribution >= 4 is 0 Å². The Hall–Kier alpha value is -2.56. The van der Waals surface area contributed by atoms with Crippen molar-refractivity contribution in [3.8, 4) is 11.4 Å². The molecule has 4 rings (SSSR count). The van der Waals surface area contributed by atoms with Gasteiger partial charge in [0, 0.05) is 18.0 Å². The highest BCUT2D eigenvalue weighted by molar-refractivity contribution is 5.53. The summed E-state index contributed by atoms with van der Waals surface area (Å²) >= 11 is 0. The van der Waals surface area contributed by atoms with E-state index in [9.17, 15) is 4.39 Å². The Labute approximate surface area is 120 Å². The maximum Gasteiger partial charge on any atom is 0.237 e. The van der Waals surface area contributed by atoms with Crippen LogP contribution in [0, 0.1) is 5.82 Å². The fraction of sp³-hybridized carbons (Fsp3) is 0.188. The number of aromatic nitrogens is 3. The van der Waals surface area contributed by atoms with Gasteiger partial charge in [-0.1, -0.05) is 17.3 Å². The van der Waals surface area contributed by atoms with Crippen LogP contribution >= 0.6 is 0 Å². The lowest BCUT2D eigenvalue weighted by molar-refractivity contribution is 0.360. The van der Waals surface area contributed by atoms with Gasteiger partial charge in [0.15, 0.2) is 0 Å². The van der Waals surface area contributed by atoms with Crippen LogP contribution in [0.4, 0.5) is 4.39 Å². The van der Waals surface area contributed by atoms with E-state index < -0.39 is 0 Å². The van der Waals surface area contributed by atoms with Crippen molar-refractivity contribution in [1.82, 2.24) is 15.1 Å². The molecule has 0 aliphatic heterocycles. The van der Waals surface area contributed by atoms with Gasteiger partial charge in [-0.25, -0.2) is 4.39 Å². The predicted octanol–water partition coefficient (Wildman–Crippen LogP) is 3.35. The molecule has 1 aliphatic carbocycles. The second kappa shape index (κ2) is 4.48. The molecule has 21 heavy (non-hydrogen) atoms. The summed E-state index contributed by atoms with van der Waals surface area (Å²) in [7, 11) is 0. The van der Waals surface area contributed by atoms with E-state index in [0.717, 1.165) is 24.0 Å². The van der Waals surface area contributed by atoms with Gasteiger partial charge in [0.1, 0.15) is 5.82 Å². The highest BCUT2D eigenvalue weighted by Crippen LogP contribution is 2.53. The van der Waals surface area contributed by atoms with Crippen molar-refractivity contribution < 1.29 is 8.91 Å². The fourth-order valence-corrected chi connectivity index (χ4v) is 2.56. The molecular formula is C16H12FN3O. The minimum Gasteiger partial charge on any atom is -0.338 e. The number of hydrogen-bond donors (Lipinski definition) is 0. The topological polar surface area (TPSA) is 51.8 Å². The minimum absolute atomic E-state index is 0.238. The maximum absolute atomic E-state index is 13.1. The van der Waals surface area contributed by atoms with Gasteiger partial charge in [-0.15, -0.1) is 0 Å². The first-order chi connectivity index (χ1) is 10.3. The number of halogens is 1. The first-order valence-electron chi connectivity index (χ1n) is 6.79. The molecule has 0 N–H and O–H groups in total. The third-order valence-electron chi connectivity index (χ3n) is 3.92. The largest absolute Gasteiger partial charge is 0.338 e. The zero-order valence-electron chi connectivity index (χ0n) is 11.2. The van der Waals surface area contributed by atoms with E-state index in [1.165, 1.54) is 12.1 Å². The molecule has 3 aromatic rings. The maximum atomic E-state index is 13.1. The molecule has 0 unspecified atom stereocenters. The number of benzene rings is 1. The molecular weight excluding hydrogens is 269 g/mol. The molecule has 1 aromatic carbocycles. The average molecular weight is 281 g/mol. The Kier molecular flexibility index (Phi) is 2.60. The van der Waals surface area contributed by atoms with Crippen molar-refractivity contribution in [2.24, 2.45) is 0 Å². The highest BCUT2D eigenvalue weighted by atomic mass is 19.1. The van der Waals surface area contributed by atoms with Crippen LogP contribution in [0.3, 0.4) is 0 Å². The molecule has 0 bridgehead atoms. The molecule has 5 heteroatoms. The van der Waals surface area contributed by atoms with E-state index in [0.29, 0.717) is 11.7 Å². The van der Waals surface area contributed by atoms with Crippen molar-refractivity contribution in [2.45, 2.75) is 18.3 Å². The van der Waals surface area contributed by atoms with Crippen molar-refractivity contribution in [1.29, 1.82) is 0 Å². The number of rotatable bonds is 3. The van der Waals surface area contributed by atoms with Crippen LogP contribution < -0.4 is 0 Å². The van der Waals surface area contributed by atoms with E-state index in [2.05, 4.69) is 15.1 Å². The molecule has 104 valence electrons. The van der Waals surface area contributed by atoms with E-state index in [-0.39, 0.29) is 11.2 Å². The summed E-state index contributed by atoms with van der Waals surface area (Å²) in [5.74, 6) is 0.916. The number of pyridine rings is 1. The van der Waals surface area contributed by atoms with E-state index in [1.807, 2.05) is 12.1 Å². The van der Waals surface area contributed by atoms with Crippen LogP contribution in [0.5, 0.6) is 0 Å². The summed E-state index contributed by atoms with van der Waals surface area (Å²) in [6.07, 6.45) is 5.27. The van der Waals surface area contributed by atoms with Crippen LogP contribution in [0.2, 0.25) is 0 Å². The Bertz CT molecular complexity index is 764. The van der Waals surface area contributed by atoms with Crippen LogP contribution in [-0.2, 0) is 5.41 Å². The fourth-order valence-electron chi connectivity index (χ4n) is 2.56. The van der Waals surface area contributed by atoms with Gasteiger partial charge >= 0.3 is 0 Å². The lowest BCUT2D eigenvalue weighted by Gasteiger charge is -2.09. The summed E-state index contributed by atoms with van der Waals surface area (Å²) in [5, 5.41) is 4.05. The van der Waals surface area contributed by atoms with Gasteiger partial charge in [0.25, 0.3) is 0 Å². The second-order valence-electron chi connectivity index (χ2n) is 5.25. The zero-order valence-corrected chi connectivity index (χ0v) is 11.2. The lowest BCUT2D eigenvalue weighted by Crippen LogP contribution is -2.09. The van der Waals surface area contributed by atoms with Crippen LogP contribution in [-0.4, -0.2) is 15.1 Å². The van der Waals surface area contributed by atoms with Crippen molar-refractivity contribution in [3.63, 3.8) is 0 Å². The summed E-state index contributed by atoms with van der Waals surface area (Å²) < 4.78 is 18.5. The van der Waals surface area contributed by atoms with Crippen LogP contribution in [0.15, 0.2) is 53.3 Å². The lowest BCUT2D eigenvalue weighted by atomic mass is 9.96. The van der Waals surface area contributed by atoms with Gasteiger partial charge < -0.3 is 4.52 Å². The van der Waals surface area contributed by atoms with Gasteiger partial charge in [0.05, 0.1) is 5.41 Å². The molecule has 1 fully saturated rings. The first-order valence-corrected chi connectivity index (χ1v) is 6.79. The quantitative estimate of drug-likeness (QED) is 0.738. The van der Waals surface area contributed by atoms with Crippen LogP contribution in [0.25, 0.3) is 11.4 Å². The molecule has 0 amide bonds. The third-order valence-corrected chi connectivity index (χ3v) is 3.92. The molecule has 2 aromatic heterocycles. The molecule has 0 saturated heterocycles. The Morgan fingerprint density at radius 1 is 1.00 bits per heavy atom. The van der Waals surface area contributed by atoms with Gasteiger partial charge in [0.2, 0.25) is 11.7 Å². The van der Waals surface area contributed by atoms with Gasteiger partial charge in [-0.2, -0.15) is 4.98 Å². The Morgan fingerprint density at radius 3 is 2.38 bits per heavy atom. The summed E-state index contributed by atoms with van der Waals surface area (Å²) in [5.41, 5.74) is 1.65. The van der Waals surface area contributed by atoms with Gasteiger partial charge in [-0.3, -0.25) is 4.98 Å². The second-order valence-corrected chi connectivity index (χ2v) is 5.25. The first kappa shape index (κ1) is 12.2. The molecule has 1 saturated carbocycles. The number of nitrogens with zero attached hydrogens (tertiary/aromatic N) is 3. The van der Waals surface area contributed by atoms with Gasteiger partial charge in [-0.05, 0) is 42.7 Å². The molecule has 4 nitrogen and oxygen atoms in total. The third kappa shape index (κ3) is 2.01. The summed E-state index contributed by atoms with van der Waals surface area (Å²) in [6.45, 7) is 0. The summed E-state index contributed by atoms with van der Waals surface area (Å²) in [4.78, 5) is 8.49. The highest BCUT2D eigenvalue weighted by Gasteiger charge is 2.51. The molecule has 2 heterocycles. The monoisotopic (exact) mass is 281 g/mol. The molecule has 0 spiro atoms. The summed E-state index contributed by atoms with van der Waals surface area (Å²) in [6, 6.07) is 10.2. The zero-order chi connectivity index (χ0) is 14.3. The SMILES string of the molecule is Fc1ccc(C2(c3nc(-c4ccncc4)no3)CC2)cc1. The normalized spacial score (nSPS) is 15.9. The predicted molar refractivity (Wildman–Crippen MR) is 73.9 cm³/mol. The average Bonchev–Trinajstić information content (AvgIpc) is 3.19. The van der Waals surface area contributed by atoms with E-state index >= 15 is 0 Å². The smallest absolute Gasteiger partial charge is 0.237 e.